The van der Waals surface area contributed by atoms with E-state index in [1.165, 1.54) is 0 Å². The van der Waals surface area contributed by atoms with Crippen LogP contribution < -0.4 is 10.6 Å². The Hall–Kier alpha value is -1.40. The number of aromatic nitrogens is 2. The van der Waals surface area contributed by atoms with Crippen molar-refractivity contribution in [3.63, 3.8) is 0 Å². The summed E-state index contributed by atoms with van der Waals surface area (Å²) in [7, 11) is 0. The van der Waals surface area contributed by atoms with E-state index < -0.39 is 0 Å². The van der Waals surface area contributed by atoms with Gasteiger partial charge in [0.15, 0.2) is 5.69 Å². The molecule has 3 N–H and O–H groups in total. The van der Waals surface area contributed by atoms with E-state index in [0.717, 1.165) is 28.2 Å². The van der Waals surface area contributed by atoms with E-state index in [2.05, 4.69) is 64.5 Å². The Morgan fingerprint density at radius 3 is 2.57 bits per heavy atom. The average molecular weight is 379 g/mol. The highest BCUT2D eigenvalue weighted by Gasteiger charge is 2.38. The van der Waals surface area contributed by atoms with E-state index in [4.69, 9.17) is 0 Å². The van der Waals surface area contributed by atoms with Crippen molar-refractivity contribution in [2.45, 2.75) is 57.7 Å². The monoisotopic (exact) mass is 378 g/mol. The summed E-state index contributed by atoms with van der Waals surface area (Å²) in [6.07, 6.45) is 1.79. The minimum atomic E-state index is -0.118. The van der Waals surface area contributed by atoms with Crippen molar-refractivity contribution >= 4 is 32.7 Å². The largest absolute Gasteiger partial charge is 0.348 e. The van der Waals surface area contributed by atoms with Crippen molar-refractivity contribution in [1.29, 1.82) is 0 Å². The van der Waals surface area contributed by atoms with E-state index in [1.807, 2.05) is 18.2 Å². The van der Waals surface area contributed by atoms with Gasteiger partial charge in [-0.1, -0.05) is 15.9 Å². The normalized spacial score (nSPS) is 20.6. The average Bonchev–Trinajstić information content (AvgIpc) is 2.77. The summed E-state index contributed by atoms with van der Waals surface area (Å²) in [6, 6.07) is 5.90. The number of aromatic amines is 1. The van der Waals surface area contributed by atoms with Crippen molar-refractivity contribution in [2.75, 3.05) is 0 Å². The molecule has 2 aromatic rings. The lowest BCUT2D eigenvalue weighted by atomic mass is 9.79. The fourth-order valence-electron chi connectivity index (χ4n) is 3.84. The molecular weight excluding hydrogens is 356 g/mol. The maximum absolute atomic E-state index is 12.7. The van der Waals surface area contributed by atoms with Crippen LogP contribution in [0.15, 0.2) is 22.7 Å². The second-order valence-electron chi connectivity index (χ2n) is 7.73. The predicted molar refractivity (Wildman–Crippen MR) is 95.6 cm³/mol. The number of H-pyrrole nitrogens is 1. The molecule has 1 saturated heterocycles. The molecule has 1 amide bonds. The molecular formula is C17H23BrN4O. The van der Waals surface area contributed by atoms with Crippen LogP contribution in [0.4, 0.5) is 0 Å². The zero-order chi connectivity index (χ0) is 16.8. The molecule has 1 aliphatic rings. The number of rotatable bonds is 2. The third-order valence-corrected chi connectivity index (χ3v) is 4.76. The van der Waals surface area contributed by atoms with Crippen LogP contribution in [0.3, 0.4) is 0 Å². The van der Waals surface area contributed by atoms with Gasteiger partial charge in [-0.3, -0.25) is 9.89 Å². The summed E-state index contributed by atoms with van der Waals surface area (Å²) < 4.78 is 0.935. The fraction of sp³-hybridized carbons (Fsp3) is 0.529. The third-order valence-electron chi connectivity index (χ3n) is 4.27. The quantitative estimate of drug-likeness (QED) is 0.750. The maximum Gasteiger partial charge on any atom is 0.272 e. The Morgan fingerprint density at radius 1 is 1.26 bits per heavy atom. The highest BCUT2D eigenvalue weighted by atomic mass is 79.9. The summed E-state index contributed by atoms with van der Waals surface area (Å²) in [5.41, 5.74) is 1.31. The van der Waals surface area contributed by atoms with Crippen LogP contribution in [0.2, 0.25) is 0 Å². The zero-order valence-electron chi connectivity index (χ0n) is 14.0. The topological polar surface area (TPSA) is 69.8 Å². The van der Waals surface area contributed by atoms with Gasteiger partial charge in [0.2, 0.25) is 0 Å². The van der Waals surface area contributed by atoms with Crippen molar-refractivity contribution in [2.24, 2.45) is 0 Å². The minimum absolute atomic E-state index is 0.00360. The van der Waals surface area contributed by atoms with Crippen LogP contribution in [0, 0.1) is 0 Å². The Kier molecular flexibility index (Phi) is 4.01. The number of hydrogen-bond donors (Lipinski definition) is 3. The molecule has 2 heterocycles. The number of carbonyl (C=O) groups excluding carboxylic acids is 1. The van der Waals surface area contributed by atoms with Crippen LogP contribution >= 0.6 is 15.9 Å². The molecule has 3 rings (SSSR count). The van der Waals surface area contributed by atoms with Gasteiger partial charge in [-0.15, -0.1) is 0 Å². The summed E-state index contributed by atoms with van der Waals surface area (Å²) in [5, 5.41) is 14.8. The van der Waals surface area contributed by atoms with Gasteiger partial charge in [0.05, 0.1) is 5.52 Å². The highest BCUT2D eigenvalue weighted by Crippen LogP contribution is 2.29. The first kappa shape index (κ1) is 16.5. The molecule has 6 heteroatoms. The van der Waals surface area contributed by atoms with Crippen molar-refractivity contribution in [3.8, 4) is 0 Å². The molecule has 23 heavy (non-hydrogen) atoms. The van der Waals surface area contributed by atoms with Crippen molar-refractivity contribution in [1.82, 2.24) is 20.8 Å². The Balaban J connectivity index is 1.82. The number of halogens is 1. The molecule has 0 saturated carbocycles. The number of nitrogens with zero attached hydrogens (tertiary/aromatic N) is 1. The lowest BCUT2D eigenvalue weighted by Gasteiger charge is -2.46. The van der Waals surface area contributed by atoms with Crippen molar-refractivity contribution < 1.29 is 4.79 Å². The molecule has 124 valence electrons. The number of fused-ring (bicyclic) bond motifs is 1. The number of nitrogens with one attached hydrogen (secondary N) is 3. The molecule has 0 unspecified atom stereocenters. The fourth-order valence-corrected chi connectivity index (χ4v) is 4.20. The van der Waals surface area contributed by atoms with Crippen LogP contribution in [0.5, 0.6) is 0 Å². The molecule has 0 spiro atoms. The third kappa shape index (κ3) is 3.58. The molecule has 5 nitrogen and oxygen atoms in total. The highest BCUT2D eigenvalue weighted by molar-refractivity contribution is 9.10. The van der Waals surface area contributed by atoms with Crippen molar-refractivity contribution in [3.05, 3.63) is 28.4 Å². The molecule has 0 aliphatic carbocycles. The summed E-state index contributed by atoms with van der Waals surface area (Å²) in [6.45, 7) is 8.70. The number of carbonyl (C=O) groups is 1. The Bertz CT molecular complexity index is 734. The SMILES string of the molecule is CC1(C)CC(NC(=O)c2n[nH]c3ccc(Br)cc23)CC(C)(C)N1. The minimum Gasteiger partial charge on any atom is -0.348 e. The number of piperidine rings is 1. The summed E-state index contributed by atoms with van der Waals surface area (Å²) in [5.74, 6) is -0.118. The maximum atomic E-state index is 12.7. The van der Waals surface area contributed by atoms with E-state index in [9.17, 15) is 4.79 Å². The van der Waals surface area contributed by atoms with Gasteiger partial charge in [-0.25, -0.2) is 0 Å². The molecule has 0 atom stereocenters. The zero-order valence-corrected chi connectivity index (χ0v) is 15.5. The molecule has 1 aromatic heterocycles. The molecule has 1 aromatic carbocycles. The molecule has 1 aliphatic heterocycles. The number of benzene rings is 1. The Labute approximate surface area is 144 Å². The van der Waals surface area contributed by atoms with Gasteiger partial charge in [0.1, 0.15) is 0 Å². The van der Waals surface area contributed by atoms with Crippen LogP contribution in [-0.4, -0.2) is 33.2 Å². The lowest BCUT2D eigenvalue weighted by Crippen LogP contribution is -2.62. The summed E-state index contributed by atoms with van der Waals surface area (Å²) >= 11 is 3.45. The predicted octanol–water partition coefficient (Wildman–Crippen LogP) is 3.36. The second kappa shape index (κ2) is 5.60. The first-order valence-electron chi connectivity index (χ1n) is 7.89. The first-order valence-corrected chi connectivity index (χ1v) is 8.68. The van der Waals surface area contributed by atoms with Gasteiger partial charge in [0.25, 0.3) is 5.91 Å². The molecule has 0 bridgehead atoms. The smallest absolute Gasteiger partial charge is 0.272 e. The van der Waals surface area contributed by atoms with Gasteiger partial charge >= 0.3 is 0 Å². The van der Waals surface area contributed by atoms with Gasteiger partial charge in [-0.2, -0.15) is 5.10 Å². The second-order valence-corrected chi connectivity index (χ2v) is 8.65. The van der Waals surface area contributed by atoms with E-state index in [-0.39, 0.29) is 23.0 Å². The molecule has 1 fully saturated rings. The van der Waals surface area contributed by atoms with Crippen LogP contribution in [0.25, 0.3) is 10.9 Å². The van der Waals surface area contributed by atoms with E-state index >= 15 is 0 Å². The summed E-state index contributed by atoms with van der Waals surface area (Å²) in [4.78, 5) is 12.7. The van der Waals surface area contributed by atoms with E-state index in [0.29, 0.717) is 5.69 Å². The van der Waals surface area contributed by atoms with Gasteiger partial charge < -0.3 is 10.6 Å². The lowest BCUT2D eigenvalue weighted by molar-refractivity contribution is 0.0870. The van der Waals surface area contributed by atoms with Crippen LogP contribution in [0.1, 0.15) is 51.0 Å². The first-order chi connectivity index (χ1) is 10.7. The number of hydrogen-bond acceptors (Lipinski definition) is 3. The standard InChI is InChI=1S/C17H23BrN4O/c1-16(2)8-11(9-17(3,4)22-16)19-15(23)14-12-7-10(18)5-6-13(12)20-21-14/h5-7,11,22H,8-9H2,1-4H3,(H,19,23)(H,20,21). The Morgan fingerprint density at radius 2 is 1.91 bits per heavy atom. The molecule has 0 radical (unpaired) electrons. The van der Waals surface area contributed by atoms with Crippen LogP contribution in [-0.2, 0) is 0 Å². The van der Waals surface area contributed by atoms with E-state index in [1.54, 1.807) is 0 Å². The van der Waals surface area contributed by atoms with Gasteiger partial charge in [-0.05, 0) is 58.7 Å². The number of amides is 1. The van der Waals surface area contributed by atoms with Gasteiger partial charge in [0, 0.05) is 27.0 Å².